The lowest BCUT2D eigenvalue weighted by Gasteiger charge is -2.07. The fourth-order valence-electron chi connectivity index (χ4n) is 1.65. The Morgan fingerprint density at radius 2 is 2.24 bits per heavy atom. The summed E-state index contributed by atoms with van der Waals surface area (Å²) in [6, 6.07) is 7.11. The summed E-state index contributed by atoms with van der Waals surface area (Å²) >= 11 is 7.34. The van der Waals surface area contributed by atoms with Crippen molar-refractivity contribution in [1.29, 1.82) is 0 Å². The summed E-state index contributed by atoms with van der Waals surface area (Å²) in [5.74, 6) is 5.56. The van der Waals surface area contributed by atoms with Crippen molar-refractivity contribution in [2.75, 3.05) is 11.9 Å². The summed E-state index contributed by atoms with van der Waals surface area (Å²) < 4.78 is 0. The number of aliphatic hydroxyl groups is 1. The van der Waals surface area contributed by atoms with Crippen molar-refractivity contribution >= 4 is 34.5 Å². The van der Waals surface area contributed by atoms with Crippen LogP contribution in [0.15, 0.2) is 29.6 Å². The highest BCUT2D eigenvalue weighted by atomic mass is 35.5. The molecule has 2 N–H and O–H groups in total. The first-order chi connectivity index (χ1) is 10.1. The predicted octanol–water partition coefficient (Wildman–Crippen LogP) is 3.70. The van der Waals surface area contributed by atoms with E-state index >= 15 is 0 Å². The second-order valence-corrected chi connectivity index (χ2v) is 5.74. The minimum absolute atomic E-state index is 0.0414. The number of hydrogen-bond donors (Lipinski definition) is 2. The Morgan fingerprint density at radius 3 is 3.00 bits per heavy atom. The Labute approximate surface area is 132 Å². The lowest BCUT2D eigenvalue weighted by molar-refractivity contribution is 0.102. The van der Waals surface area contributed by atoms with Crippen molar-refractivity contribution in [1.82, 2.24) is 0 Å². The summed E-state index contributed by atoms with van der Waals surface area (Å²) in [6.07, 6.45) is 0.432. The first kappa shape index (κ1) is 15.6. The second-order valence-electron chi connectivity index (χ2n) is 4.39. The normalized spacial score (nSPS) is 9.86. The van der Waals surface area contributed by atoms with Gasteiger partial charge in [-0.1, -0.05) is 29.5 Å². The van der Waals surface area contributed by atoms with Crippen LogP contribution < -0.4 is 5.32 Å². The molecule has 2 rings (SSSR count). The molecule has 0 spiro atoms. The summed E-state index contributed by atoms with van der Waals surface area (Å²) in [6.45, 7) is 1.95. The third-order valence-electron chi connectivity index (χ3n) is 2.76. The van der Waals surface area contributed by atoms with Crippen LogP contribution in [0.5, 0.6) is 0 Å². The fraction of sp³-hybridized carbons (Fsp3) is 0.188. The Hall–Kier alpha value is -1.80. The van der Waals surface area contributed by atoms with Gasteiger partial charge < -0.3 is 10.4 Å². The Balaban J connectivity index is 2.11. The van der Waals surface area contributed by atoms with Crippen LogP contribution in [0.25, 0.3) is 0 Å². The van der Waals surface area contributed by atoms with Crippen molar-refractivity contribution in [2.45, 2.75) is 13.3 Å². The van der Waals surface area contributed by atoms with Gasteiger partial charge in [-0.3, -0.25) is 4.79 Å². The molecule has 3 nitrogen and oxygen atoms in total. The Morgan fingerprint density at radius 1 is 1.43 bits per heavy atom. The van der Waals surface area contributed by atoms with Gasteiger partial charge in [0.1, 0.15) is 0 Å². The molecule has 0 unspecified atom stereocenters. The van der Waals surface area contributed by atoms with Crippen molar-refractivity contribution in [3.05, 3.63) is 50.7 Å². The van der Waals surface area contributed by atoms with Gasteiger partial charge in [-0.25, -0.2) is 0 Å². The van der Waals surface area contributed by atoms with E-state index in [1.807, 2.05) is 13.0 Å². The van der Waals surface area contributed by atoms with E-state index in [0.29, 0.717) is 22.7 Å². The van der Waals surface area contributed by atoms with Gasteiger partial charge in [0.15, 0.2) is 0 Å². The lowest BCUT2D eigenvalue weighted by Crippen LogP contribution is -2.11. The quantitative estimate of drug-likeness (QED) is 0.848. The first-order valence-electron chi connectivity index (χ1n) is 6.36. The van der Waals surface area contributed by atoms with E-state index in [-0.39, 0.29) is 12.5 Å². The second kappa shape index (κ2) is 7.28. The van der Waals surface area contributed by atoms with Crippen LogP contribution in [0.4, 0.5) is 5.69 Å². The highest BCUT2D eigenvalue weighted by Crippen LogP contribution is 2.22. The molecule has 0 fully saturated rings. The Bertz CT molecular complexity index is 713. The molecule has 1 aromatic carbocycles. The van der Waals surface area contributed by atoms with E-state index in [4.69, 9.17) is 16.7 Å². The molecule has 1 heterocycles. The van der Waals surface area contributed by atoms with E-state index in [1.165, 1.54) is 11.3 Å². The molecule has 0 saturated carbocycles. The molecule has 0 atom stereocenters. The highest BCUT2D eigenvalue weighted by molar-refractivity contribution is 7.10. The number of carbonyl (C=O) groups is 1. The number of aliphatic hydroxyl groups excluding tert-OH is 1. The van der Waals surface area contributed by atoms with E-state index in [0.717, 1.165) is 10.4 Å². The van der Waals surface area contributed by atoms with Gasteiger partial charge in [-0.2, -0.15) is 0 Å². The molecule has 0 saturated heterocycles. The number of amides is 1. The van der Waals surface area contributed by atoms with E-state index in [9.17, 15) is 4.79 Å². The smallest absolute Gasteiger partial charge is 0.256 e. The SMILES string of the molecule is Cc1ccc(Cl)cc1NC(=O)c1csc(C#CCCO)c1. The summed E-state index contributed by atoms with van der Waals surface area (Å²) in [7, 11) is 0. The number of rotatable bonds is 3. The van der Waals surface area contributed by atoms with Crippen molar-refractivity contribution in [3.8, 4) is 11.8 Å². The van der Waals surface area contributed by atoms with E-state index in [1.54, 1.807) is 23.6 Å². The van der Waals surface area contributed by atoms with Crippen molar-refractivity contribution in [2.24, 2.45) is 0 Å². The van der Waals surface area contributed by atoms with Crippen LogP contribution in [0.2, 0.25) is 5.02 Å². The standard InChI is InChI=1S/C16H14ClNO2S/c1-11-5-6-13(17)9-15(11)18-16(20)12-8-14(21-10-12)4-2-3-7-19/h5-6,8-10,19H,3,7H2,1H3,(H,18,20). The number of hydrogen-bond acceptors (Lipinski definition) is 3. The van der Waals surface area contributed by atoms with Gasteiger partial charge in [-0.15, -0.1) is 11.3 Å². The highest BCUT2D eigenvalue weighted by Gasteiger charge is 2.10. The zero-order valence-electron chi connectivity index (χ0n) is 11.4. The molecular weight excluding hydrogens is 306 g/mol. The molecule has 0 aliphatic rings. The first-order valence-corrected chi connectivity index (χ1v) is 7.61. The minimum atomic E-state index is -0.188. The molecule has 0 aliphatic heterocycles. The van der Waals surface area contributed by atoms with Gasteiger partial charge >= 0.3 is 0 Å². The van der Waals surface area contributed by atoms with Gasteiger partial charge in [-0.05, 0) is 30.7 Å². The van der Waals surface area contributed by atoms with Gasteiger partial charge in [0.25, 0.3) is 5.91 Å². The maximum atomic E-state index is 12.2. The molecule has 0 radical (unpaired) electrons. The van der Waals surface area contributed by atoms with Gasteiger partial charge in [0.05, 0.1) is 17.0 Å². The van der Waals surface area contributed by atoms with Crippen molar-refractivity contribution in [3.63, 3.8) is 0 Å². The largest absolute Gasteiger partial charge is 0.395 e. The van der Waals surface area contributed by atoms with E-state index in [2.05, 4.69) is 17.2 Å². The minimum Gasteiger partial charge on any atom is -0.395 e. The number of anilines is 1. The van der Waals surface area contributed by atoms with Crippen LogP contribution in [0.3, 0.4) is 0 Å². The van der Waals surface area contributed by atoms with Crippen LogP contribution in [-0.2, 0) is 0 Å². The Kier molecular flexibility index (Phi) is 5.40. The summed E-state index contributed by atoms with van der Waals surface area (Å²) in [5, 5.41) is 13.9. The molecule has 1 amide bonds. The van der Waals surface area contributed by atoms with Crippen LogP contribution in [-0.4, -0.2) is 17.6 Å². The number of thiophene rings is 1. The summed E-state index contributed by atoms with van der Waals surface area (Å²) in [5.41, 5.74) is 2.21. The monoisotopic (exact) mass is 319 g/mol. The van der Waals surface area contributed by atoms with Crippen LogP contribution in [0.1, 0.15) is 27.2 Å². The molecule has 1 aromatic heterocycles. The molecule has 108 valence electrons. The molecule has 0 bridgehead atoms. The van der Waals surface area contributed by atoms with Crippen LogP contribution >= 0.6 is 22.9 Å². The van der Waals surface area contributed by atoms with Crippen molar-refractivity contribution < 1.29 is 9.90 Å². The number of carbonyl (C=O) groups excluding carboxylic acids is 1. The zero-order valence-corrected chi connectivity index (χ0v) is 13.0. The number of benzene rings is 1. The molecule has 5 heteroatoms. The molecule has 2 aromatic rings. The van der Waals surface area contributed by atoms with Gasteiger partial charge in [0, 0.05) is 22.5 Å². The molecule has 0 aliphatic carbocycles. The van der Waals surface area contributed by atoms with Gasteiger partial charge in [0.2, 0.25) is 0 Å². The molecule has 21 heavy (non-hydrogen) atoms. The zero-order chi connectivity index (χ0) is 15.2. The number of halogens is 1. The predicted molar refractivity (Wildman–Crippen MR) is 87.0 cm³/mol. The fourth-order valence-corrected chi connectivity index (χ4v) is 2.58. The maximum absolute atomic E-state index is 12.2. The average Bonchev–Trinajstić information content (AvgIpc) is 2.92. The lowest BCUT2D eigenvalue weighted by atomic mass is 10.2. The summed E-state index contributed by atoms with van der Waals surface area (Å²) in [4.78, 5) is 13.0. The number of nitrogens with one attached hydrogen (secondary N) is 1. The topological polar surface area (TPSA) is 49.3 Å². The third kappa shape index (κ3) is 4.33. The third-order valence-corrected chi connectivity index (χ3v) is 3.84. The van der Waals surface area contributed by atoms with Crippen LogP contribution in [0, 0.1) is 18.8 Å². The number of aryl methyl sites for hydroxylation is 1. The molecular formula is C16H14ClNO2S. The average molecular weight is 320 g/mol. The van der Waals surface area contributed by atoms with E-state index < -0.39 is 0 Å². The maximum Gasteiger partial charge on any atom is 0.256 e.